The van der Waals surface area contributed by atoms with Gasteiger partial charge >= 0.3 is 6.09 Å². The number of anilines is 3. The van der Waals surface area contributed by atoms with E-state index < -0.39 is 32.5 Å². The van der Waals surface area contributed by atoms with Gasteiger partial charge in [0.1, 0.15) is 34.5 Å². The molecule has 2 heterocycles. The smallest absolute Gasteiger partial charge is 0.407 e. The fraction of sp³-hybridized carbons (Fsp3) is 0.421. The van der Waals surface area contributed by atoms with Gasteiger partial charge in [0, 0.05) is 45.1 Å². The highest BCUT2D eigenvalue weighted by Crippen LogP contribution is 2.26. The van der Waals surface area contributed by atoms with E-state index in [2.05, 4.69) is 15.3 Å². The lowest BCUT2D eigenvalue weighted by atomic mass is 9.96. The van der Waals surface area contributed by atoms with E-state index in [4.69, 9.17) is 5.11 Å². The molecule has 0 radical (unpaired) electrons. The molecule has 2 aromatic rings. The van der Waals surface area contributed by atoms with Crippen LogP contribution in [0.3, 0.4) is 0 Å². The van der Waals surface area contributed by atoms with Crippen LogP contribution >= 0.6 is 0 Å². The minimum atomic E-state index is -3.90. The van der Waals surface area contributed by atoms with Gasteiger partial charge < -0.3 is 20.2 Å². The topological polar surface area (TPSA) is 116 Å². The number of sulfone groups is 1. The van der Waals surface area contributed by atoms with Gasteiger partial charge in [-0.25, -0.2) is 32.0 Å². The summed E-state index contributed by atoms with van der Waals surface area (Å²) < 4.78 is 51.5. The molecule has 12 heteroatoms. The lowest BCUT2D eigenvalue weighted by Crippen LogP contribution is -2.40. The summed E-state index contributed by atoms with van der Waals surface area (Å²) in [6.45, 7) is 1.62. The monoisotopic (exact) mass is 455 g/mol. The Bertz CT molecular complexity index is 1070. The van der Waals surface area contributed by atoms with Crippen LogP contribution in [-0.4, -0.2) is 67.4 Å². The largest absolute Gasteiger partial charge is 0.465 e. The van der Waals surface area contributed by atoms with Crippen molar-refractivity contribution in [1.29, 1.82) is 0 Å². The maximum atomic E-state index is 14.3. The number of rotatable bonds is 6. The molecule has 1 saturated heterocycles. The third-order valence-corrected chi connectivity index (χ3v) is 6.26. The Balaban J connectivity index is 1.69. The molecule has 0 saturated carbocycles. The Morgan fingerprint density at radius 3 is 2.52 bits per heavy atom. The van der Waals surface area contributed by atoms with E-state index in [1.165, 1.54) is 11.2 Å². The first-order valence-corrected chi connectivity index (χ1v) is 11.4. The molecule has 31 heavy (non-hydrogen) atoms. The van der Waals surface area contributed by atoms with Crippen LogP contribution < -0.4 is 10.2 Å². The molecule has 1 aromatic heterocycles. The van der Waals surface area contributed by atoms with Gasteiger partial charge in [-0.1, -0.05) is 0 Å². The van der Waals surface area contributed by atoms with Crippen molar-refractivity contribution < 1.29 is 27.1 Å². The Kier molecular flexibility index (Phi) is 6.58. The number of hydrogen-bond donors (Lipinski definition) is 2. The van der Waals surface area contributed by atoms with E-state index in [0.29, 0.717) is 37.4 Å². The number of likely N-dealkylation sites (tertiary alicyclic amines) is 1. The highest BCUT2D eigenvalue weighted by molar-refractivity contribution is 7.90. The summed E-state index contributed by atoms with van der Waals surface area (Å²) in [5.74, 6) is -0.942. The van der Waals surface area contributed by atoms with E-state index in [1.807, 2.05) is 11.9 Å². The predicted octanol–water partition coefficient (Wildman–Crippen LogP) is 2.73. The average molecular weight is 455 g/mol. The molecule has 0 unspecified atom stereocenters. The number of carbonyl (C=O) groups is 1. The van der Waals surface area contributed by atoms with E-state index in [1.54, 1.807) is 6.07 Å². The van der Waals surface area contributed by atoms with E-state index >= 15 is 0 Å². The van der Waals surface area contributed by atoms with Crippen LogP contribution in [0.15, 0.2) is 29.4 Å². The van der Waals surface area contributed by atoms with Crippen molar-refractivity contribution in [2.75, 3.05) is 43.2 Å². The van der Waals surface area contributed by atoms with Gasteiger partial charge in [0.2, 0.25) is 0 Å². The summed E-state index contributed by atoms with van der Waals surface area (Å²) in [5.41, 5.74) is -0.252. The minimum Gasteiger partial charge on any atom is -0.465 e. The van der Waals surface area contributed by atoms with Crippen molar-refractivity contribution in [3.8, 4) is 0 Å². The summed E-state index contributed by atoms with van der Waals surface area (Å²) >= 11 is 0. The van der Waals surface area contributed by atoms with Crippen LogP contribution in [0.25, 0.3) is 0 Å². The molecule has 1 aromatic carbocycles. The number of carboxylic acid groups (broad SMARTS) is 1. The molecule has 1 aliphatic rings. The molecular formula is C19H23F2N5O4S. The summed E-state index contributed by atoms with van der Waals surface area (Å²) in [6.07, 6.45) is 2.65. The molecule has 168 valence electrons. The Hall–Kier alpha value is -3.02. The SMILES string of the molecule is CN(CC1CCN(C(=O)O)CC1)c1cc(Nc2cc(F)c(S(C)(=O)=O)cc2F)ncn1. The van der Waals surface area contributed by atoms with Crippen LogP contribution in [0.4, 0.5) is 30.9 Å². The number of benzene rings is 1. The van der Waals surface area contributed by atoms with Crippen molar-refractivity contribution in [3.05, 3.63) is 36.2 Å². The van der Waals surface area contributed by atoms with Gasteiger partial charge in [-0.05, 0) is 24.8 Å². The standard InChI is InChI=1S/C19H23F2N5O4S/c1-25(10-12-3-5-26(6-4-12)19(27)28)18-9-17(22-11-23-18)24-15-7-14(21)16(8-13(15)20)31(2,29)30/h7-9,11-12H,3-6,10H2,1-2H3,(H,27,28)(H,22,23,24). The average Bonchev–Trinajstić information content (AvgIpc) is 2.70. The molecule has 2 N–H and O–H groups in total. The number of halogens is 2. The lowest BCUT2D eigenvalue weighted by molar-refractivity contribution is 0.125. The number of piperidine rings is 1. The van der Waals surface area contributed by atoms with Crippen LogP contribution in [0.1, 0.15) is 12.8 Å². The second kappa shape index (κ2) is 9.00. The maximum absolute atomic E-state index is 14.3. The quantitative estimate of drug-likeness (QED) is 0.683. The van der Waals surface area contributed by atoms with Gasteiger partial charge in [-0.15, -0.1) is 0 Å². The van der Waals surface area contributed by atoms with Crippen LogP contribution in [0.5, 0.6) is 0 Å². The van der Waals surface area contributed by atoms with Crippen molar-refractivity contribution in [3.63, 3.8) is 0 Å². The molecule has 0 atom stereocenters. The Morgan fingerprint density at radius 1 is 1.23 bits per heavy atom. The molecule has 3 rings (SSSR count). The normalized spacial score (nSPS) is 15.0. The zero-order valence-corrected chi connectivity index (χ0v) is 17.9. The highest BCUT2D eigenvalue weighted by Gasteiger charge is 2.24. The van der Waals surface area contributed by atoms with Crippen molar-refractivity contribution in [1.82, 2.24) is 14.9 Å². The Morgan fingerprint density at radius 2 is 1.90 bits per heavy atom. The number of amides is 1. The fourth-order valence-electron chi connectivity index (χ4n) is 3.46. The first-order chi connectivity index (χ1) is 14.5. The molecule has 0 aliphatic carbocycles. The number of nitrogens with zero attached hydrogens (tertiary/aromatic N) is 4. The van der Waals surface area contributed by atoms with Crippen molar-refractivity contribution >= 4 is 33.3 Å². The summed E-state index contributed by atoms with van der Waals surface area (Å²) in [7, 11) is -2.07. The minimum absolute atomic E-state index is 0.211. The van der Waals surface area contributed by atoms with Crippen LogP contribution in [0.2, 0.25) is 0 Å². The second-order valence-electron chi connectivity index (χ2n) is 7.51. The van der Waals surface area contributed by atoms with E-state index in [9.17, 15) is 22.0 Å². The fourth-order valence-corrected chi connectivity index (χ4v) is 4.19. The molecule has 0 bridgehead atoms. The molecule has 0 spiro atoms. The molecule has 1 amide bonds. The second-order valence-corrected chi connectivity index (χ2v) is 9.50. The van der Waals surface area contributed by atoms with Gasteiger partial charge in [-0.3, -0.25) is 0 Å². The first-order valence-electron chi connectivity index (χ1n) is 9.51. The summed E-state index contributed by atoms with van der Waals surface area (Å²) in [5, 5.41) is 11.7. The van der Waals surface area contributed by atoms with Crippen molar-refractivity contribution in [2.45, 2.75) is 17.7 Å². The number of aromatic nitrogens is 2. The molecule has 1 fully saturated rings. The van der Waals surface area contributed by atoms with Gasteiger partial charge in [0.25, 0.3) is 0 Å². The maximum Gasteiger partial charge on any atom is 0.407 e. The zero-order chi connectivity index (χ0) is 22.8. The van der Waals surface area contributed by atoms with Gasteiger partial charge in [-0.2, -0.15) is 0 Å². The number of nitrogens with one attached hydrogen (secondary N) is 1. The van der Waals surface area contributed by atoms with Gasteiger partial charge in [0.05, 0.1) is 5.69 Å². The Labute approximate surface area is 178 Å². The van der Waals surface area contributed by atoms with Crippen molar-refractivity contribution in [2.24, 2.45) is 5.92 Å². The van der Waals surface area contributed by atoms with Crippen LogP contribution in [-0.2, 0) is 9.84 Å². The molecular weight excluding hydrogens is 432 g/mol. The zero-order valence-electron chi connectivity index (χ0n) is 17.0. The molecule has 1 aliphatic heterocycles. The highest BCUT2D eigenvalue weighted by atomic mass is 32.2. The van der Waals surface area contributed by atoms with E-state index in [-0.39, 0.29) is 11.5 Å². The lowest BCUT2D eigenvalue weighted by Gasteiger charge is -2.32. The third-order valence-electron chi connectivity index (χ3n) is 5.14. The summed E-state index contributed by atoms with van der Waals surface area (Å²) in [4.78, 5) is 21.8. The third kappa shape index (κ3) is 5.57. The predicted molar refractivity (Wildman–Crippen MR) is 110 cm³/mol. The van der Waals surface area contributed by atoms with Gasteiger partial charge in [0.15, 0.2) is 9.84 Å². The molecule has 9 nitrogen and oxygen atoms in total. The first kappa shape index (κ1) is 22.7. The van der Waals surface area contributed by atoms with Crippen LogP contribution in [0, 0.1) is 17.6 Å². The van der Waals surface area contributed by atoms with E-state index in [0.717, 1.165) is 25.2 Å². The number of hydrogen-bond acceptors (Lipinski definition) is 7. The summed E-state index contributed by atoms with van der Waals surface area (Å²) in [6, 6.07) is 2.96.